The van der Waals surface area contributed by atoms with Gasteiger partial charge in [0.25, 0.3) is 5.69 Å². The molecule has 0 radical (unpaired) electrons. The van der Waals surface area contributed by atoms with E-state index in [4.69, 9.17) is 4.74 Å². The molecule has 2 rings (SSSR count). The fraction of sp³-hybridized carbons (Fsp3) is 0.500. The van der Waals surface area contributed by atoms with Gasteiger partial charge in [0.05, 0.1) is 23.5 Å². The number of carbonyl (C=O) groups is 1. The molecule has 0 aliphatic carbocycles. The van der Waals surface area contributed by atoms with Gasteiger partial charge in [0.15, 0.2) is 0 Å². The first kappa shape index (κ1) is 15.2. The fourth-order valence-electron chi connectivity index (χ4n) is 2.42. The summed E-state index contributed by atoms with van der Waals surface area (Å²) in [7, 11) is 1.44. The minimum Gasteiger partial charge on any atom is -0.496 e. The number of carbonyl (C=O) groups excluding carboxylic acids is 1. The summed E-state index contributed by atoms with van der Waals surface area (Å²) in [5.41, 5.74) is -0.529. The third-order valence-electron chi connectivity index (χ3n) is 3.80. The first-order valence-electron chi connectivity index (χ1n) is 6.81. The van der Waals surface area contributed by atoms with E-state index in [1.54, 1.807) is 6.07 Å². The highest BCUT2D eigenvalue weighted by Crippen LogP contribution is 2.32. The number of amides is 1. The number of hydrogen-bond acceptors (Lipinski definition) is 5. The van der Waals surface area contributed by atoms with Crippen molar-refractivity contribution in [3.8, 4) is 5.75 Å². The van der Waals surface area contributed by atoms with Crippen molar-refractivity contribution in [1.82, 2.24) is 5.32 Å². The van der Waals surface area contributed by atoms with Gasteiger partial charge in [0, 0.05) is 6.54 Å². The first-order valence-corrected chi connectivity index (χ1v) is 6.81. The maximum absolute atomic E-state index is 12.4. The predicted molar refractivity (Wildman–Crippen MR) is 78.5 cm³/mol. The Morgan fingerprint density at radius 3 is 2.86 bits per heavy atom. The number of piperidine rings is 1. The molecule has 0 aromatic heterocycles. The minimum absolute atomic E-state index is 0.171. The van der Waals surface area contributed by atoms with Gasteiger partial charge in [0.1, 0.15) is 11.4 Å². The van der Waals surface area contributed by atoms with Crippen molar-refractivity contribution in [1.29, 1.82) is 0 Å². The molecule has 1 saturated heterocycles. The summed E-state index contributed by atoms with van der Waals surface area (Å²) in [6, 6.07) is 4.38. The molecule has 2 N–H and O–H groups in total. The highest BCUT2D eigenvalue weighted by molar-refractivity contribution is 5.97. The molecule has 1 atom stereocenters. The zero-order valence-electron chi connectivity index (χ0n) is 12.1. The van der Waals surface area contributed by atoms with Crippen LogP contribution < -0.4 is 15.4 Å². The summed E-state index contributed by atoms with van der Waals surface area (Å²) in [4.78, 5) is 23.0. The molecule has 114 valence electrons. The quantitative estimate of drug-likeness (QED) is 0.653. The van der Waals surface area contributed by atoms with Crippen molar-refractivity contribution >= 4 is 17.3 Å². The van der Waals surface area contributed by atoms with Crippen LogP contribution in [0.2, 0.25) is 0 Å². The molecule has 0 saturated carbocycles. The Kier molecular flexibility index (Phi) is 4.42. The van der Waals surface area contributed by atoms with Crippen LogP contribution in [0.25, 0.3) is 0 Å². The molecule has 21 heavy (non-hydrogen) atoms. The Hall–Kier alpha value is -2.15. The molecule has 0 bridgehead atoms. The summed E-state index contributed by atoms with van der Waals surface area (Å²) in [5, 5.41) is 17.0. The van der Waals surface area contributed by atoms with E-state index in [0.29, 0.717) is 12.3 Å². The molecular weight excluding hydrogens is 274 g/mol. The maximum atomic E-state index is 12.4. The molecule has 1 fully saturated rings. The molecule has 7 nitrogen and oxygen atoms in total. The number of nitrogens with one attached hydrogen (secondary N) is 2. The van der Waals surface area contributed by atoms with E-state index in [1.165, 1.54) is 19.2 Å². The van der Waals surface area contributed by atoms with Crippen molar-refractivity contribution in [3.63, 3.8) is 0 Å². The van der Waals surface area contributed by atoms with Crippen LogP contribution in [0.1, 0.15) is 19.8 Å². The number of nitro benzene ring substituents is 1. The topological polar surface area (TPSA) is 93.5 Å². The van der Waals surface area contributed by atoms with Crippen LogP contribution in [0.5, 0.6) is 5.75 Å². The van der Waals surface area contributed by atoms with E-state index >= 15 is 0 Å². The lowest BCUT2D eigenvalue weighted by atomic mass is 9.82. The highest BCUT2D eigenvalue weighted by Gasteiger charge is 2.35. The van der Waals surface area contributed by atoms with Gasteiger partial charge in [-0.3, -0.25) is 14.9 Å². The Bertz CT molecular complexity index is 553. The number of nitrogens with zero attached hydrogens (tertiary/aromatic N) is 1. The van der Waals surface area contributed by atoms with Crippen molar-refractivity contribution < 1.29 is 14.5 Å². The van der Waals surface area contributed by atoms with Gasteiger partial charge in [-0.25, -0.2) is 0 Å². The average Bonchev–Trinajstić information content (AvgIpc) is 2.48. The molecule has 0 spiro atoms. The van der Waals surface area contributed by atoms with Gasteiger partial charge in [-0.2, -0.15) is 0 Å². The van der Waals surface area contributed by atoms with Gasteiger partial charge < -0.3 is 15.4 Å². The van der Waals surface area contributed by atoms with Gasteiger partial charge in [-0.15, -0.1) is 0 Å². The molecule has 7 heteroatoms. The van der Waals surface area contributed by atoms with E-state index < -0.39 is 10.3 Å². The first-order chi connectivity index (χ1) is 9.96. The van der Waals surface area contributed by atoms with Crippen LogP contribution >= 0.6 is 0 Å². The fourth-order valence-corrected chi connectivity index (χ4v) is 2.42. The molecule has 1 amide bonds. The summed E-state index contributed by atoms with van der Waals surface area (Å²) < 4.78 is 4.97. The van der Waals surface area contributed by atoms with Gasteiger partial charge >= 0.3 is 0 Å². The van der Waals surface area contributed by atoms with E-state index in [-0.39, 0.29) is 17.3 Å². The van der Waals surface area contributed by atoms with E-state index in [0.717, 1.165) is 19.4 Å². The van der Waals surface area contributed by atoms with Gasteiger partial charge in [0.2, 0.25) is 5.91 Å². The second kappa shape index (κ2) is 6.09. The summed E-state index contributed by atoms with van der Waals surface area (Å²) in [6.45, 7) is 3.33. The molecule has 1 aliphatic heterocycles. The number of ether oxygens (including phenoxy) is 1. The highest BCUT2D eigenvalue weighted by atomic mass is 16.6. The molecule has 1 aromatic carbocycles. The van der Waals surface area contributed by atoms with E-state index in [1.807, 2.05) is 6.92 Å². The lowest BCUT2D eigenvalue weighted by Gasteiger charge is -2.32. The Labute approximate surface area is 122 Å². The zero-order chi connectivity index (χ0) is 15.5. The summed E-state index contributed by atoms with van der Waals surface area (Å²) in [5.74, 6) is 0.174. The lowest BCUT2D eigenvalue weighted by molar-refractivity contribution is -0.384. The molecule has 1 aliphatic rings. The average molecular weight is 293 g/mol. The Morgan fingerprint density at radius 2 is 2.29 bits per heavy atom. The summed E-state index contributed by atoms with van der Waals surface area (Å²) in [6.07, 6.45) is 1.67. The normalized spacial score (nSPS) is 21.6. The standard InChI is InChI=1S/C14H19N3O4/c1-14(6-3-7-15-9-14)13(18)16-11-5-4-10(21-2)8-12(11)17(19)20/h4-5,8,15H,3,6-7,9H2,1-2H3,(H,16,18). The van der Waals surface area contributed by atoms with E-state index in [2.05, 4.69) is 10.6 Å². The zero-order valence-corrected chi connectivity index (χ0v) is 12.1. The van der Waals surface area contributed by atoms with Crippen molar-refractivity contribution in [2.75, 3.05) is 25.5 Å². The molecule has 1 heterocycles. The third kappa shape index (κ3) is 3.30. The van der Waals surface area contributed by atoms with Crippen molar-refractivity contribution in [2.45, 2.75) is 19.8 Å². The monoisotopic (exact) mass is 293 g/mol. The number of benzene rings is 1. The van der Waals surface area contributed by atoms with Gasteiger partial charge in [-0.05, 0) is 38.4 Å². The number of anilines is 1. The SMILES string of the molecule is COc1ccc(NC(=O)C2(C)CCCNC2)c([N+](=O)[O-])c1. The van der Waals surface area contributed by atoms with Crippen LogP contribution in [-0.2, 0) is 4.79 Å². The maximum Gasteiger partial charge on any atom is 0.296 e. The predicted octanol–water partition coefficient (Wildman–Crippen LogP) is 1.93. The van der Waals surface area contributed by atoms with Crippen molar-refractivity contribution in [2.24, 2.45) is 5.41 Å². The van der Waals surface area contributed by atoms with Gasteiger partial charge in [-0.1, -0.05) is 0 Å². The smallest absolute Gasteiger partial charge is 0.296 e. The van der Waals surface area contributed by atoms with E-state index in [9.17, 15) is 14.9 Å². The molecular formula is C14H19N3O4. The Morgan fingerprint density at radius 1 is 1.52 bits per heavy atom. The molecule has 1 unspecified atom stereocenters. The van der Waals surface area contributed by atoms with Crippen LogP contribution in [-0.4, -0.2) is 31.0 Å². The van der Waals surface area contributed by atoms with Crippen LogP contribution in [0.4, 0.5) is 11.4 Å². The van der Waals surface area contributed by atoms with Crippen LogP contribution in [0, 0.1) is 15.5 Å². The lowest BCUT2D eigenvalue weighted by Crippen LogP contribution is -2.46. The molecule has 1 aromatic rings. The summed E-state index contributed by atoms with van der Waals surface area (Å²) >= 11 is 0. The number of hydrogen-bond donors (Lipinski definition) is 2. The number of methoxy groups -OCH3 is 1. The number of nitro groups is 1. The van der Waals surface area contributed by atoms with Crippen LogP contribution in [0.15, 0.2) is 18.2 Å². The largest absolute Gasteiger partial charge is 0.496 e. The second-order valence-corrected chi connectivity index (χ2v) is 5.44. The number of rotatable bonds is 4. The Balaban J connectivity index is 2.22. The van der Waals surface area contributed by atoms with Crippen LogP contribution in [0.3, 0.4) is 0 Å². The third-order valence-corrected chi connectivity index (χ3v) is 3.80. The minimum atomic E-state index is -0.550. The second-order valence-electron chi connectivity index (χ2n) is 5.44. The van der Waals surface area contributed by atoms with Crippen molar-refractivity contribution in [3.05, 3.63) is 28.3 Å².